The minimum absolute atomic E-state index is 0.716. The van der Waals surface area contributed by atoms with E-state index in [-0.39, 0.29) is 0 Å². The second-order valence-corrected chi connectivity index (χ2v) is 7.59. The molecule has 1 nitrogen and oxygen atoms in total. The number of thiophene rings is 1. The first-order chi connectivity index (χ1) is 9.15. The lowest BCUT2D eigenvalue weighted by Gasteiger charge is -2.05. The van der Waals surface area contributed by atoms with Gasteiger partial charge in [0.1, 0.15) is 0 Å². The Hall–Kier alpha value is 0.1000. The SMILES string of the molecule is Clc1ccc(Cl)c(SCCNCc2ccc(Cl)s2)c1. The lowest BCUT2D eigenvalue weighted by Crippen LogP contribution is -2.15. The Kier molecular flexibility index (Phi) is 6.33. The van der Waals surface area contributed by atoms with E-state index < -0.39 is 0 Å². The molecule has 19 heavy (non-hydrogen) atoms. The molecule has 2 rings (SSSR count). The molecule has 1 N–H and O–H groups in total. The van der Waals surface area contributed by atoms with Crippen LogP contribution in [-0.2, 0) is 6.54 Å². The van der Waals surface area contributed by atoms with Gasteiger partial charge in [-0.2, -0.15) is 0 Å². The van der Waals surface area contributed by atoms with Gasteiger partial charge >= 0.3 is 0 Å². The Morgan fingerprint density at radius 1 is 1.11 bits per heavy atom. The van der Waals surface area contributed by atoms with Crippen molar-refractivity contribution in [2.45, 2.75) is 11.4 Å². The van der Waals surface area contributed by atoms with Crippen LogP contribution in [-0.4, -0.2) is 12.3 Å². The van der Waals surface area contributed by atoms with Crippen LogP contribution in [0.5, 0.6) is 0 Å². The quantitative estimate of drug-likeness (QED) is 0.537. The van der Waals surface area contributed by atoms with E-state index in [9.17, 15) is 0 Å². The highest BCUT2D eigenvalue weighted by Crippen LogP contribution is 2.29. The topological polar surface area (TPSA) is 12.0 Å². The van der Waals surface area contributed by atoms with E-state index in [0.29, 0.717) is 5.02 Å². The zero-order valence-corrected chi connectivity index (χ0v) is 13.9. The van der Waals surface area contributed by atoms with Gasteiger partial charge in [-0.05, 0) is 30.3 Å². The van der Waals surface area contributed by atoms with Crippen molar-refractivity contribution in [1.82, 2.24) is 5.32 Å². The van der Waals surface area contributed by atoms with Crippen LogP contribution in [0.2, 0.25) is 14.4 Å². The fourth-order valence-corrected chi connectivity index (χ4v) is 3.94. The van der Waals surface area contributed by atoms with E-state index in [1.54, 1.807) is 29.2 Å². The number of rotatable bonds is 6. The van der Waals surface area contributed by atoms with Crippen LogP contribution in [0.25, 0.3) is 0 Å². The first kappa shape index (κ1) is 15.5. The van der Waals surface area contributed by atoms with Crippen LogP contribution in [0, 0.1) is 0 Å². The molecule has 0 unspecified atom stereocenters. The molecule has 1 aromatic carbocycles. The van der Waals surface area contributed by atoms with Crippen LogP contribution in [0.4, 0.5) is 0 Å². The average molecular weight is 353 g/mol. The molecule has 0 atom stereocenters. The maximum atomic E-state index is 6.09. The predicted molar refractivity (Wildman–Crippen MR) is 88.2 cm³/mol. The van der Waals surface area contributed by atoms with Gasteiger partial charge in [-0.1, -0.05) is 34.8 Å². The second kappa shape index (κ2) is 7.77. The summed E-state index contributed by atoms with van der Waals surface area (Å²) in [4.78, 5) is 2.27. The van der Waals surface area contributed by atoms with Crippen molar-refractivity contribution in [3.05, 3.63) is 49.6 Å². The zero-order chi connectivity index (χ0) is 13.7. The fourth-order valence-electron chi connectivity index (χ4n) is 1.48. The first-order valence-corrected chi connectivity index (χ1v) is 8.61. The van der Waals surface area contributed by atoms with Crippen LogP contribution in [0.15, 0.2) is 35.2 Å². The van der Waals surface area contributed by atoms with E-state index in [1.165, 1.54) is 4.88 Å². The van der Waals surface area contributed by atoms with Gasteiger partial charge in [0.15, 0.2) is 0 Å². The molecule has 0 radical (unpaired) electrons. The Bertz CT molecular complexity index is 542. The average Bonchev–Trinajstić information content (AvgIpc) is 2.79. The van der Waals surface area contributed by atoms with Gasteiger partial charge in [0.2, 0.25) is 0 Å². The third-order valence-corrected chi connectivity index (χ3v) is 5.32. The van der Waals surface area contributed by atoms with Crippen LogP contribution >= 0.6 is 57.9 Å². The van der Waals surface area contributed by atoms with Gasteiger partial charge in [0.25, 0.3) is 0 Å². The number of benzene rings is 1. The maximum absolute atomic E-state index is 6.09. The fraction of sp³-hybridized carbons (Fsp3) is 0.231. The molecule has 6 heteroatoms. The second-order valence-electron chi connectivity index (χ2n) is 3.81. The molecule has 0 aliphatic carbocycles. The molecular formula is C13H12Cl3NS2. The largest absolute Gasteiger partial charge is 0.311 e. The highest BCUT2D eigenvalue weighted by Gasteiger charge is 2.02. The van der Waals surface area contributed by atoms with Crippen LogP contribution in [0.3, 0.4) is 0 Å². The van der Waals surface area contributed by atoms with Gasteiger partial charge in [0.05, 0.1) is 9.36 Å². The number of halogens is 3. The van der Waals surface area contributed by atoms with Crippen molar-refractivity contribution in [3.63, 3.8) is 0 Å². The number of nitrogens with one attached hydrogen (secondary N) is 1. The van der Waals surface area contributed by atoms with E-state index in [4.69, 9.17) is 34.8 Å². The van der Waals surface area contributed by atoms with E-state index in [2.05, 4.69) is 5.32 Å². The van der Waals surface area contributed by atoms with E-state index in [0.717, 1.165) is 33.1 Å². The Balaban J connectivity index is 1.70. The van der Waals surface area contributed by atoms with Crippen LogP contribution in [0.1, 0.15) is 4.88 Å². The first-order valence-electron chi connectivity index (χ1n) is 5.68. The van der Waals surface area contributed by atoms with Crippen molar-refractivity contribution in [1.29, 1.82) is 0 Å². The van der Waals surface area contributed by atoms with Crippen molar-refractivity contribution < 1.29 is 0 Å². The Morgan fingerprint density at radius 3 is 2.68 bits per heavy atom. The van der Waals surface area contributed by atoms with Gasteiger partial charge in [-0.15, -0.1) is 23.1 Å². The summed E-state index contributed by atoms with van der Waals surface area (Å²) >= 11 is 21.2. The third-order valence-electron chi connectivity index (χ3n) is 2.36. The molecule has 0 spiro atoms. The zero-order valence-electron chi connectivity index (χ0n) is 9.96. The lowest BCUT2D eigenvalue weighted by molar-refractivity contribution is 0.741. The predicted octanol–water partition coefficient (Wildman–Crippen LogP) is 5.59. The minimum Gasteiger partial charge on any atom is -0.311 e. The summed E-state index contributed by atoms with van der Waals surface area (Å²) in [5.74, 6) is 0.944. The monoisotopic (exact) mass is 351 g/mol. The molecule has 0 amide bonds. The molecule has 102 valence electrons. The molecule has 1 aromatic heterocycles. The summed E-state index contributed by atoms with van der Waals surface area (Å²) in [6.45, 7) is 1.75. The summed E-state index contributed by atoms with van der Waals surface area (Å²) in [5.41, 5.74) is 0. The molecule has 0 aliphatic rings. The molecule has 2 aromatic rings. The van der Waals surface area contributed by atoms with Gasteiger partial charge in [0, 0.05) is 33.6 Å². The van der Waals surface area contributed by atoms with Crippen molar-refractivity contribution >= 4 is 57.9 Å². The molecule has 0 aliphatic heterocycles. The molecule has 0 saturated heterocycles. The third kappa shape index (κ3) is 5.18. The van der Waals surface area contributed by atoms with Crippen LogP contribution < -0.4 is 5.32 Å². The highest BCUT2D eigenvalue weighted by molar-refractivity contribution is 7.99. The van der Waals surface area contributed by atoms with Gasteiger partial charge in [-0.25, -0.2) is 0 Å². The summed E-state index contributed by atoms with van der Waals surface area (Å²) in [6.07, 6.45) is 0. The molecular weight excluding hydrogens is 341 g/mol. The molecule has 1 heterocycles. The van der Waals surface area contributed by atoms with E-state index in [1.807, 2.05) is 24.3 Å². The Morgan fingerprint density at radius 2 is 1.95 bits per heavy atom. The summed E-state index contributed by atoms with van der Waals surface area (Å²) in [5, 5.41) is 4.84. The molecule has 0 saturated carbocycles. The van der Waals surface area contributed by atoms with Crippen molar-refractivity contribution in [2.75, 3.05) is 12.3 Å². The lowest BCUT2D eigenvalue weighted by atomic mass is 10.4. The standard InChI is InChI=1S/C13H12Cl3NS2/c14-9-1-3-11(15)12(7-9)18-6-5-17-8-10-2-4-13(16)19-10/h1-4,7,17H,5-6,8H2. The highest BCUT2D eigenvalue weighted by atomic mass is 35.5. The minimum atomic E-state index is 0.716. The normalized spacial score (nSPS) is 10.9. The van der Waals surface area contributed by atoms with Crippen molar-refractivity contribution in [3.8, 4) is 0 Å². The smallest absolute Gasteiger partial charge is 0.0931 e. The van der Waals surface area contributed by atoms with Crippen molar-refractivity contribution in [2.24, 2.45) is 0 Å². The summed E-state index contributed by atoms with van der Waals surface area (Å²) < 4.78 is 0.830. The summed E-state index contributed by atoms with van der Waals surface area (Å²) in [7, 11) is 0. The molecule has 0 fully saturated rings. The number of thioether (sulfide) groups is 1. The maximum Gasteiger partial charge on any atom is 0.0931 e. The number of hydrogen-bond donors (Lipinski definition) is 1. The number of hydrogen-bond acceptors (Lipinski definition) is 3. The summed E-state index contributed by atoms with van der Waals surface area (Å²) in [6, 6.07) is 9.48. The van der Waals surface area contributed by atoms with Gasteiger partial charge in [-0.3, -0.25) is 0 Å². The Labute approximate surface area is 136 Å². The van der Waals surface area contributed by atoms with Gasteiger partial charge < -0.3 is 5.32 Å². The molecule has 0 bridgehead atoms. The van der Waals surface area contributed by atoms with E-state index >= 15 is 0 Å².